The van der Waals surface area contributed by atoms with Gasteiger partial charge in [0.2, 0.25) is 21.8 Å². The van der Waals surface area contributed by atoms with Crippen molar-refractivity contribution in [2.75, 3.05) is 0 Å². The smallest absolute Gasteiger partial charge is 0.223 e. The molecule has 0 saturated heterocycles. The fraction of sp³-hybridized carbons (Fsp3) is 0.857. The Hall–Kier alpha value is -1.46. The summed E-state index contributed by atoms with van der Waals surface area (Å²) in [6.07, 6.45) is 10.8. The number of ether oxygens (including phenoxy) is 2. The molecule has 1 heterocycles. The Morgan fingerprint density at radius 2 is 1.33 bits per heavy atom. The van der Waals surface area contributed by atoms with Crippen LogP contribution in [0.3, 0.4) is 0 Å². The zero-order valence-electron chi connectivity index (χ0n) is 22.9. The standard InChI is InChI=1S/C28H41N3O6S2/c1-15-9-19-12-21(13-24(15)26(19)38(32,33)22-5-6-22)37-28-16(2)27(29-14-30-28)36-20-10-17-3-4-18(11-20)25(17)31-39(34,35)23-7-8-23/h14-15,17-26,31H,3-13H2,1-2H3/t15-,17+,18+,19-,20?,21-,24+,25?,26?/m0/s1. The zero-order chi connectivity index (χ0) is 27.1. The van der Waals surface area contributed by atoms with Gasteiger partial charge in [0, 0.05) is 6.04 Å². The van der Waals surface area contributed by atoms with Gasteiger partial charge in [-0.2, -0.15) is 0 Å². The van der Waals surface area contributed by atoms with Gasteiger partial charge in [0.25, 0.3) is 0 Å². The molecule has 1 unspecified atom stereocenters. The maximum absolute atomic E-state index is 13.2. The van der Waals surface area contributed by atoms with Crippen LogP contribution in [0.5, 0.6) is 11.8 Å². The molecule has 6 aliphatic rings. The molecule has 0 aliphatic heterocycles. The van der Waals surface area contributed by atoms with E-state index in [1.165, 1.54) is 6.33 Å². The average molecular weight is 580 g/mol. The molecule has 6 fully saturated rings. The number of hydrogen-bond acceptors (Lipinski definition) is 8. The molecule has 0 radical (unpaired) electrons. The number of rotatable bonds is 9. The van der Waals surface area contributed by atoms with Crippen molar-refractivity contribution in [3.63, 3.8) is 0 Å². The van der Waals surface area contributed by atoms with Gasteiger partial charge in [0.05, 0.1) is 21.3 Å². The van der Waals surface area contributed by atoms with Gasteiger partial charge in [-0.15, -0.1) is 0 Å². The molecule has 7 rings (SSSR count). The van der Waals surface area contributed by atoms with Crippen molar-refractivity contribution in [2.24, 2.45) is 29.6 Å². The van der Waals surface area contributed by atoms with Gasteiger partial charge in [-0.05, 0) is 107 Å². The molecule has 4 bridgehead atoms. The lowest BCUT2D eigenvalue weighted by molar-refractivity contribution is 0.0918. The quantitative estimate of drug-likeness (QED) is 0.471. The van der Waals surface area contributed by atoms with Crippen molar-refractivity contribution in [3.05, 3.63) is 11.9 Å². The SMILES string of the molecule is Cc1c(OC2C[C@H]3CC[C@H](C2)C3NS(=O)(=O)C2CC2)ncnc1O[C@H]1C[C@@H]2C[C@H](C)[C@@H](C1)C2S(=O)(=O)C1CC1. The van der Waals surface area contributed by atoms with Gasteiger partial charge >= 0.3 is 0 Å². The maximum Gasteiger partial charge on any atom is 0.223 e. The lowest BCUT2D eigenvalue weighted by atomic mass is 9.83. The van der Waals surface area contributed by atoms with Crippen molar-refractivity contribution in [3.8, 4) is 11.8 Å². The van der Waals surface area contributed by atoms with Crippen LogP contribution in [-0.4, -0.2) is 60.8 Å². The van der Waals surface area contributed by atoms with E-state index in [0.717, 1.165) is 76.2 Å². The topological polar surface area (TPSA) is 125 Å². The molecule has 0 aromatic carbocycles. The number of nitrogens with zero attached hydrogens (tertiary/aromatic N) is 2. The number of sulfone groups is 1. The number of sulfonamides is 1. The largest absolute Gasteiger partial charge is 0.474 e. The molecule has 0 spiro atoms. The van der Waals surface area contributed by atoms with Crippen LogP contribution in [0.25, 0.3) is 0 Å². The first-order chi connectivity index (χ1) is 18.6. The highest BCUT2D eigenvalue weighted by molar-refractivity contribution is 7.93. The van der Waals surface area contributed by atoms with Crippen molar-refractivity contribution in [2.45, 2.75) is 118 Å². The Kier molecular flexibility index (Phi) is 6.47. The summed E-state index contributed by atoms with van der Waals surface area (Å²) in [5.74, 6) is 2.35. The van der Waals surface area contributed by atoms with E-state index in [9.17, 15) is 16.8 Å². The first kappa shape index (κ1) is 26.4. The molecule has 11 heteroatoms. The second kappa shape index (κ2) is 9.54. The number of hydrogen-bond donors (Lipinski definition) is 1. The fourth-order valence-electron chi connectivity index (χ4n) is 8.42. The molecule has 39 heavy (non-hydrogen) atoms. The summed E-state index contributed by atoms with van der Waals surface area (Å²) in [4.78, 5) is 8.86. The Morgan fingerprint density at radius 1 is 0.769 bits per heavy atom. The first-order valence-electron chi connectivity index (χ1n) is 15.0. The number of nitrogens with one attached hydrogen (secondary N) is 1. The Morgan fingerprint density at radius 3 is 1.90 bits per heavy atom. The lowest BCUT2D eigenvalue weighted by Crippen LogP contribution is -2.48. The fourth-order valence-corrected chi connectivity index (χ4v) is 13.0. The lowest BCUT2D eigenvalue weighted by Gasteiger charge is -2.36. The van der Waals surface area contributed by atoms with Crippen molar-refractivity contribution in [1.29, 1.82) is 0 Å². The third-order valence-corrected chi connectivity index (χ3v) is 15.5. The third-order valence-electron chi connectivity index (χ3n) is 10.6. The van der Waals surface area contributed by atoms with Gasteiger partial charge < -0.3 is 9.47 Å². The summed E-state index contributed by atoms with van der Waals surface area (Å²) < 4.78 is 67.3. The predicted molar refractivity (Wildman–Crippen MR) is 146 cm³/mol. The van der Waals surface area contributed by atoms with Gasteiger partial charge in [0.15, 0.2) is 9.84 Å². The first-order valence-corrected chi connectivity index (χ1v) is 18.1. The molecule has 6 saturated carbocycles. The molecule has 7 atom stereocenters. The molecule has 1 aromatic rings. The summed E-state index contributed by atoms with van der Waals surface area (Å²) in [6, 6.07) is 0.0254. The van der Waals surface area contributed by atoms with Crippen molar-refractivity contribution >= 4 is 19.9 Å². The van der Waals surface area contributed by atoms with Gasteiger partial charge in [0.1, 0.15) is 18.5 Å². The van der Waals surface area contributed by atoms with E-state index in [2.05, 4.69) is 21.6 Å². The highest BCUT2D eigenvalue weighted by Gasteiger charge is 2.56. The molecular weight excluding hydrogens is 538 g/mol. The second-order valence-electron chi connectivity index (χ2n) is 13.4. The van der Waals surface area contributed by atoms with Crippen LogP contribution < -0.4 is 14.2 Å². The highest BCUT2D eigenvalue weighted by atomic mass is 32.2. The summed E-state index contributed by atoms with van der Waals surface area (Å²) in [6.45, 7) is 4.12. The Bertz CT molecular complexity index is 1310. The van der Waals surface area contributed by atoms with Crippen LogP contribution >= 0.6 is 0 Å². The van der Waals surface area contributed by atoms with Gasteiger partial charge in [-0.1, -0.05) is 6.92 Å². The van der Waals surface area contributed by atoms with Crippen LogP contribution in [0.4, 0.5) is 0 Å². The van der Waals surface area contributed by atoms with Crippen molar-refractivity contribution in [1.82, 2.24) is 14.7 Å². The van der Waals surface area contributed by atoms with E-state index in [1.54, 1.807) is 0 Å². The molecule has 0 amide bonds. The van der Waals surface area contributed by atoms with Crippen LogP contribution in [-0.2, 0) is 19.9 Å². The number of fused-ring (bicyclic) bond motifs is 4. The maximum atomic E-state index is 13.2. The van der Waals surface area contributed by atoms with Crippen molar-refractivity contribution < 1.29 is 26.3 Å². The molecule has 9 nitrogen and oxygen atoms in total. The third kappa shape index (κ3) is 4.88. The van der Waals surface area contributed by atoms with E-state index < -0.39 is 19.9 Å². The van der Waals surface area contributed by atoms with Crippen LogP contribution in [0.1, 0.15) is 83.1 Å². The summed E-state index contributed by atoms with van der Waals surface area (Å²) in [7, 11) is -6.24. The molecule has 1 aromatic heterocycles. The number of aromatic nitrogens is 2. The van der Waals surface area contributed by atoms with Crippen LogP contribution in [0.15, 0.2) is 6.33 Å². The summed E-state index contributed by atoms with van der Waals surface area (Å²) >= 11 is 0. The molecule has 6 aliphatic carbocycles. The van der Waals surface area contributed by atoms with Crippen LogP contribution in [0, 0.1) is 36.5 Å². The monoisotopic (exact) mass is 579 g/mol. The highest BCUT2D eigenvalue weighted by Crippen LogP contribution is 2.53. The summed E-state index contributed by atoms with van der Waals surface area (Å²) in [5, 5.41) is -0.503. The Balaban J connectivity index is 1.00. The molecule has 1 N–H and O–H groups in total. The minimum Gasteiger partial charge on any atom is -0.474 e. The minimum atomic E-state index is -3.20. The second-order valence-corrected chi connectivity index (χ2v) is 17.8. The van der Waals surface area contributed by atoms with Crippen LogP contribution in [0.2, 0.25) is 0 Å². The van der Waals surface area contributed by atoms with E-state index in [-0.39, 0.29) is 45.8 Å². The molecule has 216 valence electrons. The predicted octanol–water partition coefficient (Wildman–Crippen LogP) is 3.56. The van der Waals surface area contributed by atoms with E-state index in [4.69, 9.17) is 9.47 Å². The minimum absolute atomic E-state index is 0.00890. The average Bonchev–Trinajstić information content (AvgIpc) is 3.78. The van der Waals surface area contributed by atoms with Gasteiger partial charge in [-0.3, -0.25) is 0 Å². The normalized spacial score (nSPS) is 40.0. The van der Waals surface area contributed by atoms with E-state index in [0.29, 0.717) is 29.5 Å². The van der Waals surface area contributed by atoms with Gasteiger partial charge in [-0.25, -0.2) is 31.5 Å². The summed E-state index contributed by atoms with van der Waals surface area (Å²) in [5.41, 5.74) is 0.773. The Labute approximate surface area is 232 Å². The zero-order valence-corrected chi connectivity index (χ0v) is 24.5. The van der Waals surface area contributed by atoms with E-state index >= 15 is 0 Å². The van der Waals surface area contributed by atoms with E-state index in [1.807, 2.05) is 6.92 Å². The molecular formula is C28H41N3O6S2.